The molecule has 0 radical (unpaired) electrons. The van der Waals surface area contributed by atoms with Gasteiger partial charge in [0.15, 0.2) is 0 Å². The van der Waals surface area contributed by atoms with E-state index in [0.29, 0.717) is 0 Å². The fourth-order valence-corrected chi connectivity index (χ4v) is 2.98. The monoisotopic (exact) mass is 303 g/mol. The molecule has 4 heteroatoms. The van der Waals surface area contributed by atoms with Gasteiger partial charge in [-0.25, -0.2) is 4.98 Å². The van der Waals surface area contributed by atoms with E-state index in [1.54, 1.807) is 0 Å². The molecule has 0 amide bonds. The van der Waals surface area contributed by atoms with Gasteiger partial charge in [0.05, 0.1) is 24.3 Å². The number of hydrogen-bond acceptors (Lipinski definition) is 3. The van der Waals surface area contributed by atoms with E-state index in [-0.39, 0.29) is 6.04 Å². The zero-order valence-corrected chi connectivity index (χ0v) is 13.6. The molecule has 3 nitrogen and oxygen atoms in total. The Kier molecular flexibility index (Phi) is 6.83. The molecule has 1 heterocycles. The maximum Gasteiger partial charge on any atom is 0.0948 e. The second-order valence-electron chi connectivity index (χ2n) is 5.31. The first-order chi connectivity index (χ1) is 10.3. The van der Waals surface area contributed by atoms with Gasteiger partial charge < -0.3 is 10.3 Å². The topological polar surface area (TPSA) is 43.8 Å². The van der Waals surface area contributed by atoms with Gasteiger partial charge in [0.1, 0.15) is 0 Å². The maximum atomic E-state index is 6.37. The number of aromatic nitrogens is 2. The van der Waals surface area contributed by atoms with E-state index >= 15 is 0 Å². The molecule has 0 fully saturated rings. The Hall–Kier alpha value is -1.26. The minimum Gasteiger partial charge on any atom is -0.333 e. The van der Waals surface area contributed by atoms with Crippen LogP contribution in [-0.4, -0.2) is 21.6 Å². The summed E-state index contributed by atoms with van der Waals surface area (Å²) in [7, 11) is 0. The smallest absolute Gasteiger partial charge is 0.0948 e. The highest BCUT2D eigenvalue weighted by molar-refractivity contribution is 7.98. The van der Waals surface area contributed by atoms with Crippen molar-refractivity contribution in [1.82, 2.24) is 9.55 Å². The van der Waals surface area contributed by atoms with E-state index < -0.39 is 0 Å². The van der Waals surface area contributed by atoms with Crippen molar-refractivity contribution < 1.29 is 0 Å². The number of benzene rings is 1. The zero-order chi connectivity index (χ0) is 14.9. The molecule has 1 unspecified atom stereocenters. The third-order valence-electron chi connectivity index (χ3n) is 3.72. The van der Waals surface area contributed by atoms with Gasteiger partial charge >= 0.3 is 0 Å². The van der Waals surface area contributed by atoms with Gasteiger partial charge in [0.2, 0.25) is 0 Å². The van der Waals surface area contributed by atoms with Crippen LogP contribution in [0, 0.1) is 0 Å². The highest BCUT2D eigenvalue weighted by Gasteiger charge is 2.13. The number of thioether (sulfide) groups is 1. The van der Waals surface area contributed by atoms with Crippen molar-refractivity contribution in [2.75, 3.05) is 12.0 Å². The number of imidazole rings is 1. The molecule has 0 saturated heterocycles. The molecular weight excluding hydrogens is 278 g/mol. The predicted molar refractivity (Wildman–Crippen MR) is 91.5 cm³/mol. The molecule has 0 aliphatic heterocycles. The number of nitrogens with two attached hydrogens (primary N) is 1. The molecule has 0 bridgehead atoms. The third-order valence-corrected chi connectivity index (χ3v) is 4.42. The van der Waals surface area contributed by atoms with Gasteiger partial charge in [-0.2, -0.15) is 11.8 Å². The Bertz CT molecular complexity index is 510. The molecule has 21 heavy (non-hydrogen) atoms. The van der Waals surface area contributed by atoms with E-state index in [2.05, 4.69) is 27.9 Å². The van der Waals surface area contributed by atoms with Gasteiger partial charge in [-0.05, 0) is 30.4 Å². The number of nitrogens with zero attached hydrogens (tertiary/aromatic N) is 2. The average molecular weight is 303 g/mol. The van der Waals surface area contributed by atoms with Crippen LogP contribution in [0.2, 0.25) is 0 Å². The van der Waals surface area contributed by atoms with E-state index in [1.165, 1.54) is 31.4 Å². The largest absolute Gasteiger partial charge is 0.333 e. The van der Waals surface area contributed by atoms with Crippen LogP contribution in [0.1, 0.15) is 43.0 Å². The molecular formula is C17H25N3S. The van der Waals surface area contributed by atoms with Crippen LogP contribution in [0.5, 0.6) is 0 Å². The summed E-state index contributed by atoms with van der Waals surface area (Å²) in [5.74, 6) is 1.27. The molecule has 1 atom stereocenters. The lowest BCUT2D eigenvalue weighted by Gasteiger charge is -2.15. The van der Waals surface area contributed by atoms with E-state index in [4.69, 9.17) is 5.73 Å². The molecule has 1 aromatic heterocycles. The SMILES string of the molecule is CSCCCCCCn1cncc1C(N)c1ccccc1. The second-order valence-corrected chi connectivity index (χ2v) is 6.29. The first-order valence-electron chi connectivity index (χ1n) is 7.62. The summed E-state index contributed by atoms with van der Waals surface area (Å²) in [6.45, 7) is 1.01. The van der Waals surface area contributed by atoms with Crippen molar-refractivity contribution in [1.29, 1.82) is 0 Å². The minimum absolute atomic E-state index is 0.0924. The Balaban J connectivity index is 1.87. The maximum absolute atomic E-state index is 6.37. The van der Waals surface area contributed by atoms with E-state index in [1.807, 2.05) is 42.5 Å². The van der Waals surface area contributed by atoms with Crippen molar-refractivity contribution in [2.45, 2.75) is 38.3 Å². The lowest BCUT2D eigenvalue weighted by Crippen LogP contribution is -2.16. The molecule has 0 spiro atoms. The molecule has 2 aromatic rings. The van der Waals surface area contributed by atoms with Crippen LogP contribution < -0.4 is 5.73 Å². The fraction of sp³-hybridized carbons (Fsp3) is 0.471. The molecule has 0 saturated carbocycles. The highest BCUT2D eigenvalue weighted by atomic mass is 32.2. The first kappa shape index (κ1) is 16.1. The summed E-state index contributed by atoms with van der Waals surface area (Å²) in [5.41, 5.74) is 8.61. The second kappa shape index (κ2) is 8.90. The quantitative estimate of drug-likeness (QED) is 0.715. The van der Waals surface area contributed by atoms with Crippen LogP contribution in [0.15, 0.2) is 42.9 Å². The molecule has 2 rings (SSSR count). The number of unbranched alkanes of at least 4 members (excludes halogenated alkanes) is 3. The predicted octanol–water partition coefficient (Wildman–Crippen LogP) is 3.85. The fourth-order valence-electron chi connectivity index (χ4n) is 2.49. The van der Waals surface area contributed by atoms with Crippen LogP contribution in [-0.2, 0) is 6.54 Å². The molecule has 114 valence electrons. The lowest BCUT2D eigenvalue weighted by molar-refractivity contribution is 0.560. The Morgan fingerprint density at radius 2 is 1.90 bits per heavy atom. The van der Waals surface area contributed by atoms with Gasteiger partial charge in [-0.15, -0.1) is 0 Å². The van der Waals surface area contributed by atoms with Crippen molar-refractivity contribution in [3.63, 3.8) is 0 Å². The first-order valence-corrected chi connectivity index (χ1v) is 9.02. The standard InChI is InChI=1S/C17H25N3S/c1-21-12-8-3-2-7-11-20-14-19-13-16(20)17(18)15-9-5-4-6-10-15/h4-6,9-10,13-14,17H,2-3,7-8,11-12,18H2,1H3. The van der Waals surface area contributed by atoms with Crippen LogP contribution in [0.4, 0.5) is 0 Å². The average Bonchev–Trinajstić information content (AvgIpc) is 2.99. The summed E-state index contributed by atoms with van der Waals surface area (Å²) >= 11 is 1.93. The van der Waals surface area contributed by atoms with E-state index in [0.717, 1.165) is 17.8 Å². The van der Waals surface area contributed by atoms with Crippen LogP contribution >= 0.6 is 11.8 Å². The highest BCUT2D eigenvalue weighted by Crippen LogP contribution is 2.19. The molecule has 0 aliphatic rings. The summed E-state index contributed by atoms with van der Waals surface area (Å²) < 4.78 is 2.20. The lowest BCUT2D eigenvalue weighted by atomic mass is 10.1. The number of rotatable bonds is 9. The van der Waals surface area contributed by atoms with Crippen LogP contribution in [0.3, 0.4) is 0 Å². The van der Waals surface area contributed by atoms with Gasteiger partial charge in [-0.3, -0.25) is 0 Å². The van der Waals surface area contributed by atoms with Crippen molar-refractivity contribution in [3.8, 4) is 0 Å². The Morgan fingerprint density at radius 3 is 2.67 bits per heavy atom. The zero-order valence-electron chi connectivity index (χ0n) is 12.7. The Morgan fingerprint density at radius 1 is 1.14 bits per heavy atom. The number of hydrogen-bond donors (Lipinski definition) is 1. The summed E-state index contributed by atoms with van der Waals surface area (Å²) in [5, 5.41) is 0. The van der Waals surface area contributed by atoms with Gasteiger partial charge in [0, 0.05) is 6.54 Å². The Labute approximate surface area is 132 Å². The third kappa shape index (κ3) is 4.90. The summed E-state index contributed by atoms with van der Waals surface area (Å²) in [4.78, 5) is 4.28. The molecule has 1 aromatic carbocycles. The molecule has 0 aliphatic carbocycles. The van der Waals surface area contributed by atoms with Crippen molar-refractivity contribution in [2.24, 2.45) is 5.73 Å². The van der Waals surface area contributed by atoms with Gasteiger partial charge in [0.25, 0.3) is 0 Å². The normalized spacial score (nSPS) is 12.5. The van der Waals surface area contributed by atoms with Crippen molar-refractivity contribution in [3.05, 3.63) is 54.1 Å². The number of aryl methyl sites for hydroxylation is 1. The minimum atomic E-state index is -0.0924. The molecule has 2 N–H and O–H groups in total. The van der Waals surface area contributed by atoms with Crippen LogP contribution in [0.25, 0.3) is 0 Å². The van der Waals surface area contributed by atoms with E-state index in [9.17, 15) is 0 Å². The van der Waals surface area contributed by atoms with Crippen molar-refractivity contribution >= 4 is 11.8 Å². The summed E-state index contributed by atoms with van der Waals surface area (Å²) in [6.07, 6.45) is 11.1. The summed E-state index contributed by atoms with van der Waals surface area (Å²) in [6, 6.07) is 10.1. The van der Waals surface area contributed by atoms with Gasteiger partial charge in [-0.1, -0.05) is 43.2 Å².